The molecule has 2 unspecified atom stereocenters. The number of carbonyl (C=O) groups is 1. The summed E-state index contributed by atoms with van der Waals surface area (Å²) in [5.74, 6) is -3.24. The maximum atomic E-state index is 15.4. The average Bonchev–Trinajstić information content (AvgIpc) is 3.61. The Bertz CT molecular complexity index is 1680. The van der Waals surface area contributed by atoms with E-state index in [-0.39, 0.29) is 42.2 Å². The van der Waals surface area contributed by atoms with Crippen LogP contribution >= 0.6 is 0 Å². The molecule has 11 nitrogen and oxygen atoms in total. The van der Waals surface area contributed by atoms with Crippen molar-refractivity contribution >= 4 is 21.5 Å². The molecule has 2 N–H and O–H groups in total. The van der Waals surface area contributed by atoms with Gasteiger partial charge in [0.1, 0.15) is 39.4 Å². The Morgan fingerprint density at radius 1 is 1.21 bits per heavy atom. The molecule has 2 aliphatic rings. The van der Waals surface area contributed by atoms with E-state index in [9.17, 15) is 22.2 Å². The van der Waals surface area contributed by atoms with Crippen LogP contribution in [0.3, 0.4) is 0 Å². The van der Waals surface area contributed by atoms with E-state index in [2.05, 4.69) is 24.5 Å². The van der Waals surface area contributed by atoms with Crippen LogP contribution in [0.1, 0.15) is 31.7 Å². The molecule has 5 rings (SSSR count). The topological polar surface area (TPSA) is 155 Å². The van der Waals surface area contributed by atoms with Gasteiger partial charge in [-0.2, -0.15) is 13.2 Å². The van der Waals surface area contributed by atoms with Crippen LogP contribution in [0, 0.1) is 5.82 Å². The molecule has 0 radical (unpaired) electrons. The lowest BCUT2D eigenvalue weighted by atomic mass is 9.90. The number of rotatable bonds is 5. The highest BCUT2D eigenvalue weighted by atomic mass is 32.2. The summed E-state index contributed by atoms with van der Waals surface area (Å²) >= 11 is 0. The third kappa shape index (κ3) is 4.76. The molecule has 1 aromatic carbocycles. The molecule has 4 atom stereocenters. The number of alkyl halides is 3. The second kappa shape index (κ2) is 10.3. The number of methoxy groups -OCH3 is 1. The van der Waals surface area contributed by atoms with Gasteiger partial charge >= 0.3 is 12.1 Å². The summed E-state index contributed by atoms with van der Waals surface area (Å²) in [4.78, 5) is 24.5. The van der Waals surface area contributed by atoms with E-state index in [1.54, 1.807) is 6.07 Å². The summed E-state index contributed by atoms with van der Waals surface area (Å²) in [7, 11) is -0.849. The highest BCUT2D eigenvalue weighted by Gasteiger charge is 2.62. The van der Waals surface area contributed by atoms with E-state index < -0.39 is 44.1 Å². The van der Waals surface area contributed by atoms with Gasteiger partial charge in [0.25, 0.3) is 0 Å². The van der Waals surface area contributed by atoms with Gasteiger partial charge in [0.15, 0.2) is 5.76 Å². The number of hydrogen-bond donors (Lipinski definition) is 1. The minimum atomic E-state index is -5.26. The lowest BCUT2D eigenvalue weighted by molar-refractivity contribution is -0.205. The van der Waals surface area contributed by atoms with Crippen molar-refractivity contribution in [1.82, 2.24) is 15.1 Å². The molecule has 3 aromatic rings. The van der Waals surface area contributed by atoms with Crippen molar-refractivity contribution in [3.63, 3.8) is 0 Å². The number of halogens is 4. The molecule has 0 saturated heterocycles. The predicted molar refractivity (Wildman–Crippen MR) is 142 cm³/mol. The normalized spacial score (nSPS) is 27.5. The smallest absolute Gasteiger partial charge is 0.480 e. The van der Waals surface area contributed by atoms with Crippen molar-refractivity contribution in [2.24, 2.45) is 15.1 Å². The maximum absolute atomic E-state index is 15.4. The Morgan fingerprint density at radius 2 is 1.98 bits per heavy atom. The summed E-state index contributed by atoms with van der Waals surface area (Å²) in [6.45, 7) is 1.50. The standard InChI is InChI=1S/C26H26F4N6O5S/c1-24(13-42(38,32-2)25(22(31)35-24)8-4-5-20(25)40-23(37)26(28,29)30)15-9-14(6-7-16(15)27)19-10-17(36-41-19)18-11-34-21(39-3)12-33-18/h6-7,9-12,20H,4-5,8,13H2,1-3H3,(H2,31,35)/t20?,24-,25?,42+/m0/s1. The number of amidine groups is 1. The zero-order valence-electron chi connectivity index (χ0n) is 22.6. The number of benzene rings is 1. The van der Waals surface area contributed by atoms with Crippen molar-refractivity contribution in [2.45, 2.75) is 48.8 Å². The molecular formula is C26H26F4N6O5S. The third-order valence-corrected chi connectivity index (χ3v) is 11.0. The highest BCUT2D eigenvalue weighted by molar-refractivity contribution is 7.96. The molecule has 1 aliphatic carbocycles. The first-order chi connectivity index (χ1) is 19.8. The number of nitrogens with zero attached hydrogens (tertiary/aromatic N) is 5. The Hall–Kier alpha value is -4.08. The molecule has 224 valence electrons. The van der Waals surface area contributed by atoms with Crippen LogP contribution in [-0.2, 0) is 24.8 Å². The van der Waals surface area contributed by atoms with Crippen molar-refractivity contribution < 1.29 is 40.6 Å². The number of nitrogens with two attached hydrogens (primary N) is 1. The Morgan fingerprint density at radius 3 is 2.62 bits per heavy atom. The van der Waals surface area contributed by atoms with E-state index >= 15 is 4.39 Å². The van der Waals surface area contributed by atoms with E-state index in [1.165, 1.54) is 51.7 Å². The number of aliphatic imine (C=N–C) groups is 1. The third-order valence-electron chi connectivity index (χ3n) is 7.60. The second-order valence-electron chi connectivity index (χ2n) is 10.1. The zero-order valence-corrected chi connectivity index (χ0v) is 23.5. The first kappa shape index (κ1) is 29.4. The minimum Gasteiger partial charge on any atom is -0.480 e. The zero-order chi connectivity index (χ0) is 30.5. The van der Waals surface area contributed by atoms with Gasteiger partial charge in [0, 0.05) is 24.2 Å². The molecule has 42 heavy (non-hydrogen) atoms. The second-order valence-corrected chi connectivity index (χ2v) is 12.8. The van der Waals surface area contributed by atoms with Crippen molar-refractivity contribution in [3.05, 3.63) is 48.0 Å². The molecule has 1 fully saturated rings. The number of hydrogen-bond acceptors (Lipinski definition) is 11. The quantitative estimate of drug-likeness (QED) is 0.333. The van der Waals surface area contributed by atoms with Gasteiger partial charge in [-0.3, -0.25) is 4.99 Å². The number of ether oxygens (including phenoxy) is 2. The largest absolute Gasteiger partial charge is 0.490 e. The van der Waals surface area contributed by atoms with E-state index in [1.807, 2.05) is 0 Å². The van der Waals surface area contributed by atoms with E-state index in [0.717, 1.165) is 0 Å². The SMILES string of the molecule is CN=[S@@]1(=O)C[C@@](C)(c2cc(-c3cc(-c4cnc(OC)cn4)no3)ccc2F)N=C(N)C12CCCC2OC(=O)C(F)(F)F. The fourth-order valence-electron chi connectivity index (χ4n) is 5.56. The van der Waals surface area contributed by atoms with Crippen LogP contribution in [0.15, 0.2) is 50.5 Å². The van der Waals surface area contributed by atoms with Crippen molar-refractivity contribution in [2.75, 3.05) is 19.9 Å². The van der Waals surface area contributed by atoms with Crippen LogP contribution in [-0.4, -0.2) is 68.1 Å². The molecule has 0 bridgehead atoms. The number of aromatic nitrogens is 3. The fourth-order valence-corrected chi connectivity index (χ4v) is 8.67. The van der Waals surface area contributed by atoms with Gasteiger partial charge in [-0.15, -0.1) is 0 Å². The molecule has 16 heteroatoms. The molecule has 1 spiro atoms. The number of esters is 1. The Balaban J connectivity index is 1.54. The van der Waals surface area contributed by atoms with Gasteiger partial charge in [0.05, 0.1) is 35.0 Å². The van der Waals surface area contributed by atoms with Crippen molar-refractivity contribution in [3.8, 4) is 28.6 Å². The summed E-state index contributed by atoms with van der Waals surface area (Å²) in [5.41, 5.74) is 5.98. The lowest BCUT2D eigenvalue weighted by Gasteiger charge is -2.44. The molecule has 1 aliphatic heterocycles. The van der Waals surface area contributed by atoms with Crippen LogP contribution in [0.25, 0.3) is 22.7 Å². The van der Waals surface area contributed by atoms with Gasteiger partial charge in [-0.25, -0.2) is 27.7 Å². The van der Waals surface area contributed by atoms with Gasteiger partial charge in [-0.1, -0.05) is 5.16 Å². The molecule has 2 aromatic heterocycles. The first-order valence-electron chi connectivity index (χ1n) is 12.7. The van der Waals surface area contributed by atoms with Crippen LogP contribution in [0.5, 0.6) is 5.88 Å². The van der Waals surface area contributed by atoms with E-state index in [0.29, 0.717) is 22.8 Å². The first-order valence-corrected chi connectivity index (χ1v) is 14.3. The molecular weight excluding hydrogens is 584 g/mol. The highest BCUT2D eigenvalue weighted by Crippen LogP contribution is 2.48. The van der Waals surface area contributed by atoms with Crippen LogP contribution in [0.2, 0.25) is 0 Å². The monoisotopic (exact) mass is 610 g/mol. The Labute approximate surface area is 237 Å². The minimum absolute atomic E-state index is 0.00167. The summed E-state index contributed by atoms with van der Waals surface area (Å²) in [5, 5.41) is 4.00. The summed E-state index contributed by atoms with van der Waals surface area (Å²) in [6.07, 6.45) is -3.59. The number of carbonyl (C=O) groups excluding carboxylic acids is 1. The van der Waals surface area contributed by atoms with E-state index in [4.69, 9.17) is 19.7 Å². The molecule has 1 saturated carbocycles. The summed E-state index contributed by atoms with van der Waals surface area (Å²) < 4.78 is 86.5. The molecule has 0 amide bonds. The predicted octanol–water partition coefficient (Wildman–Crippen LogP) is 4.03. The van der Waals surface area contributed by atoms with Gasteiger partial charge < -0.3 is 19.7 Å². The van der Waals surface area contributed by atoms with Gasteiger partial charge in [-0.05, 0) is 44.4 Å². The van der Waals surface area contributed by atoms with Crippen LogP contribution in [0.4, 0.5) is 17.6 Å². The fraction of sp³-hybridized carbons (Fsp3) is 0.423. The Kier molecular flexibility index (Phi) is 7.23. The average molecular weight is 611 g/mol. The molecule has 3 heterocycles. The van der Waals surface area contributed by atoms with Crippen LogP contribution < -0.4 is 10.5 Å². The summed E-state index contributed by atoms with van der Waals surface area (Å²) in [6, 6.07) is 5.65. The van der Waals surface area contributed by atoms with Crippen molar-refractivity contribution in [1.29, 1.82) is 0 Å². The van der Waals surface area contributed by atoms with Gasteiger partial charge in [0.2, 0.25) is 5.88 Å². The maximum Gasteiger partial charge on any atom is 0.490 e. The lowest BCUT2D eigenvalue weighted by Crippen LogP contribution is -2.63.